The number of aryl methyl sites for hydroxylation is 1. The summed E-state index contributed by atoms with van der Waals surface area (Å²) in [7, 11) is 2.78. The average molecular weight is 180 g/mol. The van der Waals surface area contributed by atoms with Crippen LogP contribution in [0.2, 0.25) is 0 Å². The van der Waals surface area contributed by atoms with E-state index in [4.69, 9.17) is 0 Å². The molecule has 0 N–H and O–H groups in total. The van der Waals surface area contributed by atoms with Gasteiger partial charge in [-0.05, 0) is 28.8 Å². The Bertz CT molecular complexity index is 282. The van der Waals surface area contributed by atoms with Crippen LogP contribution in [0.15, 0.2) is 18.2 Å². The van der Waals surface area contributed by atoms with Gasteiger partial charge in [-0.2, -0.15) is 0 Å². The lowest BCUT2D eigenvalue weighted by molar-refractivity contribution is 0.590. The maximum atomic E-state index is 2.78. The summed E-state index contributed by atoms with van der Waals surface area (Å²) in [5.74, 6) is 0. The topological polar surface area (TPSA) is 0 Å². The van der Waals surface area contributed by atoms with Crippen LogP contribution < -0.4 is 5.30 Å². The maximum Gasteiger partial charge on any atom is -0.0132 e. The Kier molecular flexibility index (Phi) is 2.58. The number of benzene rings is 1. The van der Waals surface area contributed by atoms with Crippen molar-refractivity contribution in [2.45, 2.75) is 33.1 Å². The second-order valence-corrected chi connectivity index (χ2v) is 4.94. The Balaban J connectivity index is 3.14. The normalized spacial score (nSPS) is 11.8. The van der Waals surface area contributed by atoms with Gasteiger partial charge in [-0.3, -0.25) is 0 Å². The number of hydrogen-bond donors (Lipinski definition) is 0. The first-order valence-electron chi connectivity index (χ1n) is 4.28. The summed E-state index contributed by atoms with van der Waals surface area (Å²) in [4.78, 5) is 0. The summed E-state index contributed by atoms with van der Waals surface area (Å²) in [6.07, 6.45) is 0. The van der Waals surface area contributed by atoms with Crippen LogP contribution in [0.4, 0.5) is 0 Å². The SMILES string of the molecule is Cc1ccc(C(C)(C)C)cc1P. The summed E-state index contributed by atoms with van der Waals surface area (Å²) < 4.78 is 0. The van der Waals surface area contributed by atoms with Crippen LogP contribution in [0.1, 0.15) is 31.9 Å². The molecule has 1 heteroatoms. The quantitative estimate of drug-likeness (QED) is 0.538. The van der Waals surface area contributed by atoms with E-state index in [0.29, 0.717) is 0 Å². The van der Waals surface area contributed by atoms with Crippen LogP contribution in [-0.2, 0) is 5.41 Å². The van der Waals surface area contributed by atoms with Crippen LogP contribution in [0.3, 0.4) is 0 Å². The third-order valence-electron chi connectivity index (χ3n) is 2.15. The maximum absolute atomic E-state index is 2.78. The molecule has 0 aliphatic heterocycles. The molecule has 0 amide bonds. The first-order valence-corrected chi connectivity index (χ1v) is 4.85. The largest absolute Gasteiger partial charge is 0.105 e. The molecule has 66 valence electrons. The van der Waals surface area contributed by atoms with E-state index in [9.17, 15) is 0 Å². The zero-order valence-electron chi connectivity index (χ0n) is 8.31. The van der Waals surface area contributed by atoms with E-state index in [-0.39, 0.29) is 5.41 Å². The van der Waals surface area contributed by atoms with Gasteiger partial charge in [0.15, 0.2) is 0 Å². The Morgan fingerprint density at radius 1 is 1.17 bits per heavy atom. The van der Waals surface area contributed by atoms with E-state index in [2.05, 4.69) is 55.1 Å². The first kappa shape index (κ1) is 9.74. The van der Waals surface area contributed by atoms with E-state index >= 15 is 0 Å². The molecular formula is C11H17P. The zero-order chi connectivity index (χ0) is 9.35. The van der Waals surface area contributed by atoms with E-state index in [0.717, 1.165) is 0 Å². The monoisotopic (exact) mass is 180 g/mol. The van der Waals surface area contributed by atoms with Gasteiger partial charge >= 0.3 is 0 Å². The minimum Gasteiger partial charge on any atom is -0.105 e. The summed E-state index contributed by atoms with van der Waals surface area (Å²) in [6.45, 7) is 8.85. The van der Waals surface area contributed by atoms with Gasteiger partial charge in [0.25, 0.3) is 0 Å². The predicted molar refractivity (Wildman–Crippen MR) is 59.2 cm³/mol. The van der Waals surface area contributed by atoms with E-state index < -0.39 is 0 Å². The second kappa shape index (κ2) is 3.18. The number of rotatable bonds is 0. The van der Waals surface area contributed by atoms with E-state index in [1.54, 1.807) is 0 Å². The third kappa shape index (κ3) is 2.08. The minimum absolute atomic E-state index is 0.263. The van der Waals surface area contributed by atoms with Gasteiger partial charge in [0, 0.05) is 0 Å². The fourth-order valence-electron chi connectivity index (χ4n) is 1.11. The van der Waals surface area contributed by atoms with Crippen LogP contribution >= 0.6 is 9.24 Å². The fraction of sp³-hybridized carbons (Fsp3) is 0.455. The molecule has 0 saturated carbocycles. The van der Waals surface area contributed by atoms with Crippen molar-refractivity contribution < 1.29 is 0 Å². The van der Waals surface area contributed by atoms with Gasteiger partial charge in [0.05, 0.1) is 0 Å². The lowest BCUT2D eigenvalue weighted by Gasteiger charge is -2.19. The molecule has 0 fully saturated rings. The molecule has 0 nitrogen and oxygen atoms in total. The van der Waals surface area contributed by atoms with Crippen molar-refractivity contribution in [1.29, 1.82) is 0 Å². The Labute approximate surface area is 77.6 Å². The van der Waals surface area contributed by atoms with Crippen molar-refractivity contribution in [3.8, 4) is 0 Å². The Hall–Kier alpha value is -0.350. The number of hydrogen-bond acceptors (Lipinski definition) is 0. The van der Waals surface area contributed by atoms with Crippen molar-refractivity contribution in [3.05, 3.63) is 29.3 Å². The molecule has 0 spiro atoms. The lowest BCUT2D eigenvalue weighted by Crippen LogP contribution is -2.13. The van der Waals surface area contributed by atoms with Crippen molar-refractivity contribution in [2.24, 2.45) is 0 Å². The second-order valence-electron chi connectivity index (χ2n) is 4.32. The molecule has 0 radical (unpaired) electrons. The van der Waals surface area contributed by atoms with Crippen molar-refractivity contribution in [3.63, 3.8) is 0 Å². The van der Waals surface area contributed by atoms with Crippen LogP contribution in [-0.4, -0.2) is 0 Å². The van der Waals surface area contributed by atoms with Crippen LogP contribution in [0, 0.1) is 6.92 Å². The fourth-order valence-corrected chi connectivity index (χ4v) is 1.38. The highest BCUT2D eigenvalue weighted by atomic mass is 31.0. The molecule has 1 aromatic rings. The summed E-state index contributed by atoms with van der Waals surface area (Å²) in [6, 6.07) is 6.64. The Morgan fingerprint density at radius 2 is 1.75 bits per heavy atom. The third-order valence-corrected chi connectivity index (χ3v) is 2.77. The highest BCUT2D eigenvalue weighted by Gasteiger charge is 2.13. The average Bonchev–Trinajstić information content (AvgIpc) is 1.92. The van der Waals surface area contributed by atoms with Gasteiger partial charge in [-0.15, -0.1) is 9.24 Å². The molecular weight excluding hydrogens is 163 g/mol. The summed E-state index contributed by atoms with van der Waals surface area (Å²) in [5, 5.41) is 1.31. The molecule has 1 atom stereocenters. The molecule has 0 aliphatic carbocycles. The van der Waals surface area contributed by atoms with Gasteiger partial charge in [-0.25, -0.2) is 0 Å². The minimum atomic E-state index is 0.263. The van der Waals surface area contributed by atoms with Crippen molar-refractivity contribution in [2.75, 3.05) is 0 Å². The molecule has 0 heterocycles. The van der Waals surface area contributed by atoms with Crippen LogP contribution in [0.25, 0.3) is 0 Å². The van der Waals surface area contributed by atoms with E-state index in [1.807, 2.05) is 0 Å². The first-order chi connectivity index (χ1) is 5.41. The lowest BCUT2D eigenvalue weighted by atomic mass is 9.87. The summed E-state index contributed by atoms with van der Waals surface area (Å²) >= 11 is 0. The highest BCUT2D eigenvalue weighted by Crippen LogP contribution is 2.21. The molecule has 0 aromatic heterocycles. The molecule has 0 saturated heterocycles. The smallest absolute Gasteiger partial charge is 0.0132 e. The summed E-state index contributed by atoms with van der Waals surface area (Å²) in [5.41, 5.74) is 3.00. The Morgan fingerprint density at radius 3 is 2.17 bits per heavy atom. The molecule has 1 aromatic carbocycles. The van der Waals surface area contributed by atoms with Gasteiger partial charge in [0.1, 0.15) is 0 Å². The molecule has 1 rings (SSSR count). The molecule has 12 heavy (non-hydrogen) atoms. The van der Waals surface area contributed by atoms with Crippen molar-refractivity contribution >= 4 is 14.5 Å². The molecule has 0 bridgehead atoms. The van der Waals surface area contributed by atoms with Crippen molar-refractivity contribution in [1.82, 2.24) is 0 Å². The van der Waals surface area contributed by atoms with Crippen LogP contribution in [0.5, 0.6) is 0 Å². The highest BCUT2D eigenvalue weighted by molar-refractivity contribution is 7.27. The predicted octanol–water partition coefficient (Wildman–Crippen LogP) is 2.79. The molecule has 1 unspecified atom stereocenters. The zero-order valence-corrected chi connectivity index (χ0v) is 9.46. The van der Waals surface area contributed by atoms with E-state index in [1.165, 1.54) is 16.4 Å². The molecule has 0 aliphatic rings. The standard InChI is InChI=1S/C11H17P/c1-8-5-6-9(7-10(8)12)11(2,3)4/h5-7H,12H2,1-4H3. The van der Waals surface area contributed by atoms with Gasteiger partial charge < -0.3 is 0 Å². The van der Waals surface area contributed by atoms with Gasteiger partial charge in [-0.1, -0.05) is 39.0 Å². The van der Waals surface area contributed by atoms with Gasteiger partial charge in [0.2, 0.25) is 0 Å².